The fourth-order valence-electron chi connectivity index (χ4n) is 1.64. The highest BCUT2D eigenvalue weighted by atomic mass is 32.2. The molecule has 0 aromatic heterocycles. The molecule has 0 unspecified atom stereocenters. The number of hydrogen-bond acceptors (Lipinski definition) is 4. The van der Waals surface area contributed by atoms with Crippen LogP contribution in [0, 0.1) is 0 Å². The van der Waals surface area contributed by atoms with Crippen molar-refractivity contribution in [2.24, 2.45) is 0 Å². The number of rotatable bonds is 2. The molecule has 0 aliphatic carbocycles. The number of nitrogens with two attached hydrogens (primary N) is 1. The van der Waals surface area contributed by atoms with Gasteiger partial charge in [-0.2, -0.15) is 8.42 Å². The van der Waals surface area contributed by atoms with Crippen LogP contribution in [0.25, 0.3) is 10.8 Å². The third kappa shape index (κ3) is 2.17. The van der Waals surface area contributed by atoms with E-state index in [1.165, 1.54) is 19.2 Å². The summed E-state index contributed by atoms with van der Waals surface area (Å²) in [5, 5.41) is 1.33. The second-order valence-electron chi connectivity index (χ2n) is 3.58. The van der Waals surface area contributed by atoms with Gasteiger partial charge in [0.15, 0.2) is 0 Å². The second-order valence-corrected chi connectivity index (χ2v) is 5.00. The third-order valence-corrected chi connectivity index (χ3v) is 3.26. The Morgan fingerprint density at radius 3 is 2.53 bits per heavy atom. The van der Waals surface area contributed by atoms with Crippen molar-refractivity contribution in [3.05, 3.63) is 30.3 Å². The maximum absolute atomic E-state index is 11.1. The van der Waals surface area contributed by atoms with E-state index in [1.807, 2.05) is 0 Å². The van der Waals surface area contributed by atoms with Crippen molar-refractivity contribution in [2.45, 2.75) is 4.90 Å². The first kappa shape index (κ1) is 11.7. The first-order valence-electron chi connectivity index (χ1n) is 4.76. The van der Waals surface area contributed by atoms with Crippen LogP contribution in [0.4, 0.5) is 5.69 Å². The lowest BCUT2D eigenvalue weighted by atomic mass is 10.1. The van der Waals surface area contributed by atoms with Gasteiger partial charge in [-0.05, 0) is 29.7 Å². The Labute approximate surface area is 98.6 Å². The molecular formula is C11H11NO4S. The van der Waals surface area contributed by atoms with Crippen LogP contribution < -0.4 is 10.5 Å². The summed E-state index contributed by atoms with van der Waals surface area (Å²) < 4.78 is 36.3. The molecule has 3 N–H and O–H groups in total. The zero-order valence-corrected chi connectivity index (χ0v) is 9.86. The Morgan fingerprint density at radius 2 is 1.94 bits per heavy atom. The van der Waals surface area contributed by atoms with Crippen LogP contribution >= 0.6 is 0 Å². The van der Waals surface area contributed by atoms with E-state index in [4.69, 9.17) is 15.0 Å². The zero-order valence-electron chi connectivity index (χ0n) is 9.04. The average Bonchev–Trinajstić information content (AvgIpc) is 2.25. The molecule has 0 amide bonds. The van der Waals surface area contributed by atoms with E-state index in [9.17, 15) is 8.42 Å². The topological polar surface area (TPSA) is 89.6 Å². The molecule has 2 aromatic carbocycles. The Morgan fingerprint density at radius 1 is 1.24 bits per heavy atom. The largest absolute Gasteiger partial charge is 0.496 e. The van der Waals surface area contributed by atoms with Crippen LogP contribution in [-0.2, 0) is 10.1 Å². The van der Waals surface area contributed by atoms with Crippen LogP contribution in [0.1, 0.15) is 0 Å². The van der Waals surface area contributed by atoms with Gasteiger partial charge in [-0.3, -0.25) is 4.55 Å². The normalized spacial score (nSPS) is 11.6. The van der Waals surface area contributed by atoms with Gasteiger partial charge in [0.1, 0.15) is 5.75 Å². The number of benzene rings is 2. The maximum Gasteiger partial charge on any atom is 0.294 e. The second kappa shape index (κ2) is 3.90. The maximum atomic E-state index is 11.1. The lowest BCUT2D eigenvalue weighted by Crippen LogP contribution is -1.99. The molecule has 0 spiro atoms. The average molecular weight is 253 g/mol. The molecule has 0 aliphatic rings. The molecule has 0 saturated carbocycles. The number of hydrogen-bond donors (Lipinski definition) is 2. The van der Waals surface area contributed by atoms with Gasteiger partial charge in [0.05, 0.1) is 12.0 Å². The Kier molecular flexibility index (Phi) is 2.68. The van der Waals surface area contributed by atoms with Gasteiger partial charge in [-0.25, -0.2) is 0 Å². The summed E-state index contributed by atoms with van der Waals surface area (Å²) in [6.45, 7) is 0. The Balaban J connectivity index is 2.85. The van der Waals surface area contributed by atoms with Gasteiger partial charge < -0.3 is 10.5 Å². The van der Waals surface area contributed by atoms with Crippen molar-refractivity contribution in [1.82, 2.24) is 0 Å². The molecule has 0 bridgehead atoms. The predicted molar refractivity (Wildman–Crippen MR) is 64.7 cm³/mol. The molecule has 5 nitrogen and oxygen atoms in total. The molecule has 2 rings (SSSR count). The highest BCUT2D eigenvalue weighted by molar-refractivity contribution is 7.85. The van der Waals surface area contributed by atoms with Gasteiger partial charge in [-0.1, -0.05) is 0 Å². The number of methoxy groups -OCH3 is 1. The highest BCUT2D eigenvalue weighted by Gasteiger charge is 2.13. The van der Waals surface area contributed by atoms with Crippen molar-refractivity contribution >= 4 is 26.6 Å². The number of fused-ring (bicyclic) bond motifs is 1. The molecule has 0 heterocycles. The molecule has 90 valence electrons. The van der Waals surface area contributed by atoms with Crippen LogP contribution in [0.3, 0.4) is 0 Å². The quantitative estimate of drug-likeness (QED) is 0.627. The summed E-state index contributed by atoms with van der Waals surface area (Å²) in [6.07, 6.45) is 0. The Hall–Kier alpha value is -1.79. The highest BCUT2D eigenvalue weighted by Crippen LogP contribution is 2.30. The molecule has 6 heteroatoms. The fourth-order valence-corrected chi connectivity index (χ4v) is 2.18. The Bertz CT molecular complexity index is 679. The van der Waals surface area contributed by atoms with Crippen LogP contribution in [-0.4, -0.2) is 20.1 Å². The van der Waals surface area contributed by atoms with E-state index < -0.39 is 10.1 Å². The van der Waals surface area contributed by atoms with Crippen molar-refractivity contribution in [1.29, 1.82) is 0 Å². The minimum Gasteiger partial charge on any atom is -0.496 e. The van der Waals surface area contributed by atoms with Crippen molar-refractivity contribution in [3.8, 4) is 5.75 Å². The van der Waals surface area contributed by atoms with Crippen molar-refractivity contribution in [2.75, 3.05) is 12.8 Å². The SMILES string of the molecule is COc1cc(S(=O)(=O)O)cc2cc(N)ccc12. The summed E-state index contributed by atoms with van der Waals surface area (Å²) in [5.74, 6) is 0.370. The van der Waals surface area contributed by atoms with E-state index >= 15 is 0 Å². The van der Waals surface area contributed by atoms with Gasteiger partial charge in [0.2, 0.25) is 0 Å². The molecule has 0 aliphatic heterocycles. The molecule has 0 radical (unpaired) electrons. The number of anilines is 1. The van der Waals surface area contributed by atoms with E-state index in [2.05, 4.69) is 0 Å². The molecule has 0 saturated heterocycles. The van der Waals surface area contributed by atoms with E-state index in [-0.39, 0.29) is 4.90 Å². The van der Waals surface area contributed by atoms with Gasteiger partial charge in [0.25, 0.3) is 10.1 Å². The fraction of sp³-hybridized carbons (Fsp3) is 0.0909. The molecule has 0 fully saturated rings. The van der Waals surface area contributed by atoms with Crippen LogP contribution in [0.2, 0.25) is 0 Å². The minimum absolute atomic E-state index is 0.215. The van der Waals surface area contributed by atoms with Crippen molar-refractivity contribution < 1.29 is 17.7 Å². The van der Waals surface area contributed by atoms with Crippen LogP contribution in [0.15, 0.2) is 35.2 Å². The van der Waals surface area contributed by atoms with Crippen molar-refractivity contribution in [3.63, 3.8) is 0 Å². The molecular weight excluding hydrogens is 242 g/mol. The summed E-state index contributed by atoms with van der Waals surface area (Å²) in [6, 6.07) is 7.67. The van der Waals surface area contributed by atoms with Gasteiger partial charge in [0, 0.05) is 17.1 Å². The lowest BCUT2D eigenvalue weighted by Gasteiger charge is -2.08. The minimum atomic E-state index is -4.26. The third-order valence-electron chi connectivity index (χ3n) is 2.43. The zero-order chi connectivity index (χ0) is 12.6. The summed E-state index contributed by atoms with van der Waals surface area (Å²) >= 11 is 0. The smallest absolute Gasteiger partial charge is 0.294 e. The van der Waals surface area contributed by atoms with Gasteiger partial charge >= 0.3 is 0 Å². The predicted octanol–water partition coefficient (Wildman–Crippen LogP) is 1.68. The first-order chi connectivity index (χ1) is 7.91. The number of ether oxygens (including phenoxy) is 1. The monoisotopic (exact) mass is 253 g/mol. The van der Waals surface area contributed by atoms with E-state index in [0.29, 0.717) is 16.8 Å². The molecule has 17 heavy (non-hydrogen) atoms. The van der Waals surface area contributed by atoms with Gasteiger partial charge in [-0.15, -0.1) is 0 Å². The van der Waals surface area contributed by atoms with E-state index in [1.54, 1.807) is 18.2 Å². The summed E-state index contributed by atoms with van der Waals surface area (Å²) in [5.41, 5.74) is 6.13. The van der Waals surface area contributed by atoms with Crippen LogP contribution in [0.5, 0.6) is 5.75 Å². The lowest BCUT2D eigenvalue weighted by molar-refractivity contribution is 0.417. The summed E-state index contributed by atoms with van der Waals surface area (Å²) in [7, 11) is -2.83. The number of nitrogen functional groups attached to an aromatic ring is 1. The van der Waals surface area contributed by atoms with E-state index in [0.717, 1.165) is 5.39 Å². The summed E-state index contributed by atoms with van der Waals surface area (Å²) in [4.78, 5) is -0.215. The molecule has 2 aromatic rings. The standard InChI is InChI=1S/C11H11NO4S/c1-16-11-6-9(17(13,14)15)5-7-4-8(12)2-3-10(7)11/h2-6H,12H2,1H3,(H,13,14,15). The molecule has 0 atom stereocenters. The first-order valence-corrected chi connectivity index (χ1v) is 6.20.